The van der Waals surface area contributed by atoms with Crippen molar-refractivity contribution in [2.24, 2.45) is 0 Å². The van der Waals surface area contributed by atoms with E-state index in [1.165, 1.54) is 5.56 Å². The van der Waals surface area contributed by atoms with Crippen LogP contribution in [0, 0.1) is 0 Å². The Bertz CT molecular complexity index is 831. The minimum Gasteiger partial charge on any atom is -0.493 e. The third-order valence-corrected chi connectivity index (χ3v) is 4.91. The molecule has 0 radical (unpaired) electrons. The van der Waals surface area contributed by atoms with Gasteiger partial charge in [0.2, 0.25) is 0 Å². The minimum atomic E-state index is -0.0949. The van der Waals surface area contributed by atoms with Crippen LogP contribution in [0.2, 0.25) is 0 Å². The molecule has 0 aromatic heterocycles. The van der Waals surface area contributed by atoms with Gasteiger partial charge in [0.1, 0.15) is 5.75 Å². The number of amides is 2. The fraction of sp³-hybridized carbons (Fsp3) is 0.300. The monoisotopic (exact) mass is 336 g/mol. The molecule has 128 valence electrons. The maximum atomic E-state index is 12.4. The summed E-state index contributed by atoms with van der Waals surface area (Å²) in [6.07, 6.45) is 1.86. The number of ether oxygens (including phenoxy) is 1. The maximum absolute atomic E-state index is 12.4. The van der Waals surface area contributed by atoms with Crippen molar-refractivity contribution < 1.29 is 14.3 Å². The third-order valence-electron chi connectivity index (χ3n) is 4.91. The van der Waals surface area contributed by atoms with E-state index >= 15 is 0 Å². The van der Waals surface area contributed by atoms with Crippen molar-refractivity contribution in [1.82, 2.24) is 10.6 Å². The SMILES string of the molecule is O=C(NCCC1CCOc2ccccc21)c1ccc2c(c1)CNC2=O. The van der Waals surface area contributed by atoms with E-state index in [4.69, 9.17) is 4.74 Å². The van der Waals surface area contributed by atoms with Crippen molar-refractivity contribution >= 4 is 11.8 Å². The predicted molar refractivity (Wildman–Crippen MR) is 93.9 cm³/mol. The predicted octanol–water partition coefficient (Wildman–Crippen LogP) is 2.62. The number of rotatable bonds is 4. The Balaban J connectivity index is 1.37. The lowest BCUT2D eigenvalue weighted by Crippen LogP contribution is -2.27. The highest BCUT2D eigenvalue weighted by atomic mass is 16.5. The highest BCUT2D eigenvalue weighted by Gasteiger charge is 2.22. The molecule has 0 bridgehead atoms. The number of hydrogen-bond acceptors (Lipinski definition) is 3. The molecule has 1 unspecified atom stereocenters. The van der Waals surface area contributed by atoms with Crippen molar-refractivity contribution in [3.05, 3.63) is 64.7 Å². The number of hydrogen-bond donors (Lipinski definition) is 2. The molecule has 2 aromatic carbocycles. The van der Waals surface area contributed by atoms with E-state index in [1.807, 2.05) is 18.2 Å². The maximum Gasteiger partial charge on any atom is 0.251 e. The summed E-state index contributed by atoms with van der Waals surface area (Å²) in [5.41, 5.74) is 3.37. The van der Waals surface area contributed by atoms with Crippen molar-refractivity contribution in [3.63, 3.8) is 0 Å². The van der Waals surface area contributed by atoms with Gasteiger partial charge in [0.05, 0.1) is 6.61 Å². The van der Waals surface area contributed by atoms with Gasteiger partial charge in [0.25, 0.3) is 11.8 Å². The molecule has 0 aliphatic carbocycles. The Morgan fingerprint density at radius 2 is 2.12 bits per heavy atom. The van der Waals surface area contributed by atoms with E-state index in [9.17, 15) is 9.59 Å². The second-order valence-corrected chi connectivity index (χ2v) is 6.47. The van der Waals surface area contributed by atoms with Crippen LogP contribution in [0.4, 0.5) is 0 Å². The lowest BCUT2D eigenvalue weighted by Gasteiger charge is -2.25. The highest BCUT2D eigenvalue weighted by Crippen LogP contribution is 2.35. The van der Waals surface area contributed by atoms with Gasteiger partial charge in [-0.2, -0.15) is 0 Å². The molecule has 2 aliphatic rings. The molecule has 2 amide bonds. The summed E-state index contributed by atoms with van der Waals surface area (Å²) in [6.45, 7) is 1.84. The number of benzene rings is 2. The van der Waals surface area contributed by atoms with Crippen LogP contribution in [-0.2, 0) is 6.54 Å². The van der Waals surface area contributed by atoms with Crippen LogP contribution in [0.5, 0.6) is 5.75 Å². The Labute approximate surface area is 146 Å². The summed E-state index contributed by atoms with van der Waals surface area (Å²) in [5, 5.41) is 5.76. The molecule has 2 aliphatic heterocycles. The summed E-state index contributed by atoms with van der Waals surface area (Å²) >= 11 is 0. The number of carbonyl (C=O) groups excluding carboxylic acids is 2. The van der Waals surface area contributed by atoms with Gasteiger partial charge in [-0.3, -0.25) is 9.59 Å². The molecule has 2 aromatic rings. The summed E-state index contributed by atoms with van der Waals surface area (Å²) in [6, 6.07) is 13.3. The molecular weight excluding hydrogens is 316 g/mol. The van der Waals surface area contributed by atoms with Gasteiger partial charge < -0.3 is 15.4 Å². The molecular formula is C20H20N2O3. The van der Waals surface area contributed by atoms with Crippen LogP contribution in [0.1, 0.15) is 50.6 Å². The zero-order valence-corrected chi connectivity index (χ0v) is 13.9. The average molecular weight is 336 g/mol. The average Bonchev–Trinajstić information content (AvgIpc) is 3.02. The van der Waals surface area contributed by atoms with Crippen LogP contribution in [-0.4, -0.2) is 25.0 Å². The summed E-state index contributed by atoms with van der Waals surface area (Å²) in [7, 11) is 0. The molecule has 25 heavy (non-hydrogen) atoms. The summed E-state index contributed by atoms with van der Waals surface area (Å²) < 4.78 is 5.68. The van der Waals surface area contributed by atoms with Gasteiger partial charge in [0.15, 0.2) is 0 Å². The van der Waals surface area contributed by atoms with Crippen molar-refractivity contribution in [2.75, 3.05) is 13.2 Å². The van der Waals surface area contributed by atoms with Gasteiger partial charge in [0, 0.05) is 24.2 Å². The number of fused-ring (bicyclic) bond motifs is 2. The fourth-order valence-electron chi connectivity index (χ4n) is 3.55. The fourth-order valence-corrected chi connectivity index (χ4v) is 3.55. The van der Waals surface area contributed by atoms with Crippen LogP contribution < -0.4 is 15.4 Å². The first-order chi connectivity index (χ1) is 12.2. The number of nitrogens with one attached hydrogen (secondary N) is 2. The van der Waals surface area contributed by atoms with E-state index in [0.29, 0.717) is 30.1 Å². The molecule has 2 heterocycles. The quantitative estimate of drug-likeness (QED) is 0.902. The van der Waals surface area contributed by atoms with Crippen LogP contribution in [0.3, 0.4) is 0 Å². The van der Waals surface area contributed by atoms with Crippen LogP contribution in [0.15, 0.2) is 42.5 Å². The first-order valence-electron chi connectivity index (χ1n) is 8.63. The largest absolute Gasteiger partial charge is 0.493 e. The lowest BCUT2D eigenvalue weighted by atomic mass is 9.90. The van der Waals surface area contributed by atoms with Crippen LogP contribution >= 0.6 is 0 Å². The highest BCUT2D eigenvalue weighted by molar-refractivity contribution is 6.01. The van der Waals surface area contributed by atoms with Gasteiger partial charge in [-0.15, -0.1) is 0 Å². The van der Waals surface area contributed by atoms with Gasteiger partial charge >= 0.3 is 0 Å². The Morgan fingerprint density at radius 3 is 3.04 bits per heavy atom. The number of carbonyl (C=O) groups is 2. The first kappa shape index (κ1) is 15.7. The second kappa shape index (κ2) is 6.59. The Hall–Kier alpha value is -2.82. The lowest BCUT2D eigenvalue weighted by molar-refractivity contribution is 0.0946. The molecule has 0 spiro atoms. The van der Waals surface area contributed by atoms with E-state index in [2.05, 4.69) is 16.7 Å². The summed E-state index contributed by atoms with van der Waals surface area (Å²) in [5.74, 6) is 1.20. The van der Waals surface area contributed by atoms with Gasteiger partial charge in [-0.25, -0.2) is 0 Å². The van der Waals surface area contributed by atoms with Crippen molar-refractivity contribution in [1.29, 1.82) is 0 Å². The van der Waals surface area contributed by atoms with Crippen molar-refractivity contribution in [3.8, 4) is 5.75 Å². The summed E-state index contributed by atoms with van der Waals surface area (Å²) in [4.78, 5) is 23.9. The molecule has 5 heteroatoms. The third kappa shape index (κ3) is 3.09. The Kier molecular flexibility index (Phi) is 4.14. The normalized spacial score (nSPS) is 17.9. The topological polar surface area (TPSA) is 67.4 Å². The molecule has 1 atom stereocenters. The van der Waals surface area contributed by atoms with E-state index in [-0.39, 0.29) is 11.8 Å². The smallest absolute Gasteiger partial charge is 0.251 e. The zero-order valence-electron chi connectivity index (χ0n) is 13.9. The van der Waals surface area contributed by atoms with Crippen molar-refractivity contribution in [2.45, 2.75) is 25.3 Å². The number of para-hydroxylation sites is 1. The van der Waals surface area contributed by atoms with Gasteiger partial charge in [-0.1, -0.05) is 18.2 Å². The van der Waals surface area contributed by atoms with Crippen LogP contribution in [0.25, 0.3) is 0 Å². The van der Waals surface area contributed by atoms with E-state index in [0.717, 1.165) is 30.8 Å². The molecule has 5 nitrogen and oxygen atoms in total. The molecule has 0 saturated heterocycles. The Morgan fingerprint density at radius 1 is 1.24 bits per heavy atom. The first-order valence-corrected chi connectivity index (χ1v) is 8.63. The zero-order chi connectivity index (χ0) is 17.2. The van der Waals surface area contributed by atoms with E-state index in [1.54, 1.807) is 18.2 Å². The molecule has 2 N–H and O–H groups in total. The van der Waals surface area contributed by atoms with E-state index < -0.39 is 0 Å². The molecule has 0 fully saturated rings. The minimum absolute atomic E-state index is 0.0693. The second-order valence-electron chi connectivity index (χ2n) is 6.47. The molecule has 0 saturated carbocycles. The standard InChI is InChI=1S/C20H20N2O3/c23-19(14-5-6-17-15(11-14)12-22-20(17)24)21-9-7-13-8-10-25-18-4-2-1-3-16(13)18/h1-6,11,13H,7-10,12H2,(H,21,23)(H,22,24). The van der Waals surface area contributed by atoms with Gasteiger partial charge in [-0.05, 0) is 54.2 Å². The molecule has 4 rings (SSSR count).